The Balaban J connectivity index is 1.46. The van der Waals surface area contributed by atoms with E-state index in [1.54, 1.807) is 9.80 Å². The second-order valence-electron chi connectivity index (χ2n) is 8.52. The summed E-state index contributed by atoms with van der Waals surface area (Å²) < 4.78 is 16.6. The van der Waals surface area contributed by atoms with Crippen molar-refractivity contribution in [3.63, 3.8) is 0 Å². The molecule has 0 radical (unpaired) electrons. The predicted molar refractivity (Wildman–Crippen MR) is 131 cm³/mol. The lowest BCUT2D eigenvalue weighted by atomic mass is 10.2. The molecule has 2 aromatic carbocycles. The van der Waals surface area contributed by atoms with Gasteiger partial charge in [0.1, 0.15) is 18.1 Å². The van der Waals surface area contributed by atoms with Gasteiger partial charge in [-0.25, -0.2) is 4.79 Å². The number of nitrogens with zero attached hydrogens (tertiary/aromatic N) is 2. The summed E-state index contributed by atoms with van der Waals surface area (Å²) >= 11 is 0. The van der Waals surface area contributed by atoms with Crippen molar-refractivity contribution in [1.82, 2.24) is 15.1 Å². The highest BCUT2D eigenvalue weighted by atomic mass is 16.7. The van der Waals surface area contributed by atoms with Crippen LogP contribution in [0.5, 0.6) is 11.5 Å². The Bertz CT molecular complexity index is 1140. The quantitative estimate of drug-likeness (QED) is 0.466. The third kappa shape index (κ3) is 6.56. The molecule has 8 nitrogen and oxygen atoms in total. The lowest BCUT2D eigenvalue weighted by Crippen LogP contribution is -2.46. The SMILES string of the molecule is CCCN(CC(=O)N(Cc1ccc2c(c1)OCO2)Cc1ccc(C)o1)C(=O)NCc1ccccc1. The summed E-state index contributed by atoms with van der Waals surface area (Å²) in [6.45, 7) is 5.54. The van der Waals surface area contributed by atoms with Gasteiger partial charge in [0.15, 0.2) is 11.5 Å². The lowest BCUT2D eigenvalue weighted by molar-refractivity contribution is -0.133. The molecule has 0 spiro atoms. The van der Waals surface area contributed by atoms with Crippen LogP contribution in [0.4, 0.5) is 4.79 Å². The van der Waals surface area contributed by atoms with Gasteiger partial charge in [0.05, 0.1) is 6.54 Å². The zero-order valence-electron chi connectivity index (χ0n) is 20.2. The number of rotatable bonds is 10. The number of carbonyl (C=O) groups excluding carboxylic acids is 2. The van der Waals surface area contributed by atoms with Gasteiger partial charge in [-0.05, 0) is 48.7 Å². The Hall–Kier alpha value is -3.94. The molecule has 1 N–H and O–H groups in total. The summed E-state index contributed by atoms with van der Waals surface area (Å²) in [5.41, 5.74) is 1.91. The molecule has 8 heteroatoms. The molecule has 0 fully saturated rings. The van der Waals surface area contributed by atoms with Crippen LogP contribution < -0.4 is 14.8 Å². The van der Waals surface area contributed by atoms with Crippen LogP contribution in [0.15, 0.2) is 65.1 Å². The maximum Gasteiger partial charge on any atom is 0.318 e. The Labute approximate surface area is 205 Å². The molecule has 0 unspecified atom stereocenters. The van der Waals surface area contributed by atoms with E-state index < -0.39 is 0 Å². The van der Waals surface area contributed by atoms with Crippen LogP contribution in [0.3, 0.4) is 0 Å². The van der Waals surface area contributed by atoms with Crippen molar-refractivity contribution in [2.75, 3.05) is 19.9 Å². The van der Waals surface area contributed by atoms with Crippen LogP contribution in [0, 0.1) is 6.92 Å². The lowest BCUT2D eigenvalue weighted by Gasteiger charge is -2.27. The number of amides is 3. The summed E-state index contributed by atoms with van der Waals surface area (Å²) in [5, 5.41) is 2.93. The van der Waals surface area contributed by atoms with Crippen molar-refractivity contribution in [3.05, 3.63) is 83.3 Å². The van der Waals surface area contributed by atoms with Gasteiger partial charge in [0, 0.05) is 19.6 Å². The maximum absolute atomic E-state index is 13.5. The van der Waals surface area contributed by atoms with Crippen molar-refractivity contribution >= 4 is 11.9 Å². The van der Waals surface area contributed by atoms with Gasteiger partial charge in [0.25, 0.3) is 0 Å². The minimum atomic E-state index is -0.263. The second kappa shape index (κ2) is 11.5. The molecular weight excluding hydrogens is 446 g/mol. The Morgan fingerprint density at radius 1 is 0.914 bits per heavy atom. The average molecular weight is 478 g/mol. The molecule has 0 bridgehead atoms. The maximum atomic E-state index is 13.5. The van der Waals surface area contributed by atoms with E-state index >= 15 is 0 Å². The summed E-state index contributed by atoms with van der Waals surface area (Å²) in [4.78, 5) is 29.6. The average Bonchev–Trinajstić information content (AvgIpc) is 3.50. The monoisotopic (exact) mass is 477 g/mol. The molecular formula is C27H31N3O5. The van der Waals surface area contributed by atoms with E-state index in [0.29, 0.717) is 43.4 Å². The van der Waals surface area contributed by atoms with E-state index in [1.165, 1.54) is 0 Å². The van der Waals surface area contributed by atoms with Crippen molar-refractivity contribution < 1.29 is 23.5 Å². The van der Waals surface area contributed by atoms with E-state index in [0.717, 1.165) is 23.3 Å². The van der Waals surface area contributed by atoms with Crippen LogP contribution in [-0.4, -0.2) is 41.6 Å². The van der Waals surface area contributed by atoms with Gasteiger partial charge in [-0.3, -0.25) is 4.79 Å². The van der Waals surface area contributed by atoms with E-state index in [1.807, 2.05) is 74.5 Å². The fraction of sp³-hybridized carbons (Fsp3) is 0.333. The Morgan fingerprint density at radius 2 is 1.71 bits per heavy atom. The number of nitrogens with one attached hydrogen (secondary N) is 1. The van der Waals surface area contributed by atoms with E-state index in [4.69, 9.17) is 13.9 Å². The zero-order chi connectivity index (χ0) is 24.6. The van der Waals surface area contributed by atoms with Crippen molar-refractivity contribution in [3.8, 4) is 11.5 Å². The number of ether oxygens (including phenoxy) is 2. The smallest absolute Gasteiger partial charge is 0.318 e. The second-order valence-corrected chi connectivity index (χ2v) is 8.52. The number of fused-ring (bicyclic) bond motifs is 1. The third-order valence-electron chi connectivity index (χ3n) is 5.70. The van der Waals surface area contributed by atoms with Gasteiger partial charge in [0.2, 0.25) is 12.7 Å². The highest BCUT2D eigenvalue weighted by Gasteiger charge is 2.23. The standard InChI is InChI=1S/C27H31N3O5/c1-3-13-29(27(32)28-15-21-7-5-4-6-8-21)18-26(31)30(17-23-11-9-20(2)35-23)16-22-10-12-24-25(14-22)34-19-33-24/h4-12,14H,3,13,15-19H2,1-2H3,(H,28,32). The Kier molecular flexibility index (Phi) is 7.92. The number of carbonyl (C=O) groups is 2. The summed E-state index contributed by atoms with van der Waals surface area (Å²) in [6, 6.07) is 18.8. The topological polar surface area (TPSA) is 84.2 Å². The van der Waals surface area contributed by atoms with Crippen LogP contribution in [0.2, 0.25) is 0 Å². The number of urea groups is 1. The van der Waals surface area contributed by atoms with Crippen LogP contribution in [-0.2, 0) is 24.4 Å². The predicted octanol–water partition coefficient (Wildman–Crippen LogP) is 4.47. The van der Waals surface area contributed by atoms with Gasteiger partial charge in [-0.2, -0.15) is 0 Å². The minimum Gasteiger partial charge on any atom is -0.464 e. The fourth-order valence-corrected chi connectivity index (χ4v) is 3.92. The minimum absolute atomic E-state index is 0.0291. The van der Waals surface area contributed by atoms with Gasteiger partial charge in [-0.15, -0.1) is 0 Å². The van der Waals surface area contributed by atoms with Gasteiger partial charge in [-0.1, -0.05) is 43.3 Å². The van der Waals surface area contributed by atoms with E-state index in [2.05, 4.69) is 5.32 Å². The summed E-state index contributed by atoms with van der Waals surface area (Å²) in [7, 11) is 0. The van der Waals surface area contributed by atoms with Crippen LogP contribution in [0.1, 0.15) is 36.0 Å². The molecule has 3 aromatic rings. The van der Waals surface area contributed by atoms with Crippen LogP contribution >= 0.6 is 0 Å². The van der Waals surface area contributed by atoms with E-state index in [9.17, 15) is 9.59 Å². The normalized spacial score (nSPS) is 11.8. The molecule has 35 heavy (non-hydrogen) atoms. The molecule has 1 aliphatic heterocycles. The fourth-order valence-electron chi connectivity index (χ4n) is 3.92. The molecule has 2 heterocycles. The third-order valence-corrected chi connectivity index (χ3v) is 5.70. The Morgan fingerprint density at radius 3 is 2.46 bits per heavy atom. The molecule has 0 atom stereocenters. The first-order chi connectivity index (χ1) is 17.0. The first-order valence-corrected chi connectivity index (χ1v) is 11.8. The number of furan rings is 1. The largest absolute Gasteiger partial charge is 0.464 e. The van der Waals surface area contributed by atoms with Gasteiger partial charge >= 0.3 is 6.03 Å². The molecule has 1 aromatic heterocycles. The first-order valence-electron chi connectivity index (χ1n) is 11.8. The number of hydrogen-bond donors (Lipinski definition) is 1. The first kappa shape index (κ1) is 24.2. The van der Waals surface area contributed by atoms with Gasteiger partial charge < -0.3 is 29.0 Å². The zero-order valence-corrected chi connectivity index (χ0v) is 20.2. The molecule has 4 rings (SSSR count). The molecule has 0 saturated heterocycles. The van der Waals surface area contributed by atoms with E-state index in [-0.39, 0.29) is 25.3 Å². The molecule has 0 aliphatic carbocycles. The number of aryl methyl sites for hydroxylation is 1. The summed E-state index contributed by atoms with van der Waals surface area (Å²) in [6.07, 6.45) is 0.742. The van der Waals surface area contributed by atoms with Crippen LogP contribution in [0.25, 0.3) is 0 Å². The van der Waals surface area contributed by atoms with Crippen molar-refractivity contribution in [1.29, 1.82) is 0 Å². The highest BCUT2D eigenvalue weighted by molar-refractivity contribution is 5.84. The highest BCUT2D eigenvalue weighted by Crippen LogP contribution is 2.33. The molecule has 3 amide bonds. The van der Waals surface area contributed by atoms with Crippen molar-refractivity contribution in [2.24, 2.45) is 0 Å². The molecule has 1 aliphatic rings. The number of benzene rings is 2. The van der Waals surface area contributed by atoms with Crippen molar-refractivity contribution in [2.45, 2.75) is 39.9 Å². The summed E-state index contributed by atoms with van der Waals surface area (Å²) in [5.74, 6) is 2.66. The number of hydrogen-bond acceptors (Lipinski definition) is 5. The molecule has 184 valence electrons. The molecule has 0 saturated carbocycles.